The molecule has 0 fully saturated rings. The summed E-state index contributed by atoms with van der Waals surface area (Å²) in [6.07, 6.45) is 8.14. The molecule has 2 rings (SSSR count). The molecule has 0 spiro atoms. The van der Waals surface area contributed by atoms with E-state index in [4.69, 9.17) is 0 Å². The van der Waals surface area contributed by atoms with Gasteiger partial charge in [-0.05, 0) is 49.6 Å². The van der Waals surface area contributed by atoms with Crippen molar-refractivity contribution in [2.24, 2.45) is 5.92 Å². The molecule has 2 heteroatoms. The molecule has 1 aromatic carbocycles. The summed E-state index contributed by atoms with van der Waals surface area (Å²) in [7, 11) is 0. The van der Waals surface area contributed by atoms with E-state index >= 15 is 0 Å². The monoisotopic (exact) mass is 307 g/mol. The maximum Gasteiger partial charge on any atom is 0.249 e. The molecule has 0 aliphatic rings. The summed E-state index contributed by atoms with van der Waals surface area (Å²) in [5.74, 6) is 0.576. The van der Waals surface area contributed by atoms with Gasteiger partial charge in [0.25, 0.3) is 0 Å². The lowest BCUT2D eigenvalue weighted by atomic mass is 10.1. The van der Waals surface area contributed by atoms with Crippen LogP contribution in [0.4, 0.5) is 0 Å². The van der Waals surface area contributed by atoms with Gasteiger partial charge in [-0.25, -0.2) is 4.57 Å². The van der Waals surface area contributed by atoms with Crippen molar-refractivity contribution in [3.8, 4) is 5.69 Å². The zero-order valence-corrected chi connectivity index (χ0v) is 14.7. The first-order valence-electron chi connectivity index (χ1n) is 8.11. The van der Waals surface area contributed by atoms with Crippen molar-refractivity contribution in [3.63, 3.8) is 0 Å². The van der Waals surface area contributed by atoms with Crippen molar-refractivity contribution in [1.82, 2.24) is 4.57 Å². The molecule has 0 aliphatic carbocycles. The fraction of sp³-hybridized carbons (Fsp3) is 0.286. The molecule has 1 aromatic heterocycles. The van der Waals surface area contributed by atoms with E-state index in [-0.39, 0.29) is 0 Å². The smallest absolute Gasteiger partial charge is 0.229 e. The van der Waals surface area contributed by atoms with Gasteiger partial charge >= 0.3 is 0 Å². The Morgan fingerprint density at radius 1 is 1.13 bits per heavy atom. The van der Waals surface area contributed by atoms with E-state index in [1.165, 1.54) is 11.1 Å². The Labute approximate surface area is 140 Å². The van der Waals surface area contributed by atoms with Gasteiger partial charge in [-0.3, -0.25) is 0 Å². The van der Waals surface area contributed by atoms with Crippen molar-refractivity contribution in [2.45, 2.75) is 34.2 Å². The normalized spacial score (nSPS) is 10.7. The van der Waals surface area contributed by atoms with Gasteiger partial charge in [-0.1, -0.05) is 50.8 Å². The Morgan fingerprint density at radius 2 is 1.78 bits per heavy atom. The maximum absolute atomic E-state index is 3.98. The van der Waals surface area contributed by atoms with Crippen LogP contribution in [0.25, 0.3) is 23.9 Å². The van der Waals surface area contributed by atoms with E-state index in [1.54, 1.807) is 0 Å². The number of imidazole rings is 1. The molecule has 2 aromatic rings. The van der Waals surface area contributed by atoms with E-state index in [2.05, 4.69) is 86.7 Å². The van der Waals surface area contributed by atoms with Crippen LogP contribution >= 0.6 is 0 Å². The molecule has 120 valence electrons. The summed E-state index contributed by atoms with van der Waals surface area (Å²) in [5, 5.41) is 0. The van der Waals surface area contributed by atoms with Crippen LogP contribution in [0.3, 0.4) is 0 Å². The minimum absolute atomic E-state index is 0.576. The molecule has 0 bridgehead atoms. The third-order valence-corrected chi connectivity index (χ3v) is 3.66. The third kappa shape index (κ3) is 3.89. The number of aromatic nitrogens is 2. The number of nitrogens with zero attached hydrogens (tertiary/aromatic N) is 2. The molecule has 0 N–H and O–H groups in total. The van der Waals surface area contributed by atoms with Gasteiger partial charge in [0.1, 0.15) is 5.69 Å². The van der Waals surface area contributed by atoms with Crippen LogP contribution in [0.5, 0.6) is 0 Å². The first-order chi connectivity index (χ1) is 11.0. The topological polar surface area (TPSA) is 8.81 Å². The molecule has 0 amide bonds. The Morgan fingerprint density at radius 3 is 2.26 bits per heavy atom. The molecule has 0 saturated heterocycles. The van der Waals surface area contributed by atoms with Gasteiger partial charge < -0.3 is 0 Å². The molecule has 0 unspecified atom stereocenters. The van der Waals surface area contributed by atoms with E-state index in [0.29, 0.717) is 5.92 Å². The second-order valence-electron chi connectivity index (χ2n) is 6.52. The van der Waals surface area contributed by atoms with Crippen LogP contribution in [0.1, 0.15) is 44.6 Å². The number of allylic oxidation sites excluding steroid dienone is 1. The van der Waals surface area contributed by atoms with Gasteiger partial charge in [-0.2, -0.15) is 4.57 Å². The SMILES string of the molecule is C=Cc1c(C=C)[n+](CC(C)C)cn1-c1ccc(C=C(C)C)cc1. The molecule has 23 heavy (non-hydrogen) atoms. The summed E-state index contributed by atoms with van der Waals surface area (Å²) in [5.41, 5.74) is 5.85. The van der Waals surface area contributed by atoms with Crippen LogP contribution in [0.2, 0.25) is 0 Å². The lowest BCUT2D eigenvalue weighted by molar-refractivity contribution is -0.703. The first kappa shape index (κ1) is 17.0. The van der Waals surface area contributed by atoms with Crippen molar-refractivity contribution in [3.05, 3.63) is 66.3 Å². The van der Waals surface area contributed by atoms with E-state index in [0.717, 1.165) is 23.6 Å². The summed E-state index contributed by atoms with van der Waals surface area (Å²) in [6.45, 7) is 17.6. The van der Waals surface area contributed by atoms with Crippen molar-refractivity contribution < 1.29 is 4.57 Å². The lowest BCUT2D eigenvalue weighted by Gasteiger charge is -2.01. The molecule has 0 radical (unpaired) electrons. The average Bonchev–Trinajstić information content (AvgIpc) is 2.84. The fourth-order valence-corrected chi connectivity index (χ4v) is 2.77. The predicted molar refractivity (Wildman–Crippen MR) is 100 cm³/mol. The van der Waals surface area contributed by atoms with Crippen LogP contribution < -0.4 is 4.57 Å². The highest BCUT2D eigenvalue weighted by atomic mass is 15.1. The quantitative estimate of drug-likeness (QED) is 0.654. The van der Waals surface area contributed by atoms with Gasteiger partial charge in [0.05, 0.1) is 6.54 Å². The van der Waals surface area contributed by atoms with Crippen LogP contribution in [0.15, 0.2) is 49.3 Å². The molecule has 0 aliphatic heterocycles. The Bertz CT molecular complexity index is 724. The third-order valence-electron chi connectivity index (χ3n) is 3.66. The summed E-state index contributed by atoms with van der Waals surface area (Å²) < 4.78 is 4.43. The summed E-state index contributed by atoms with van der Waals surface area (Å²) in [4.78, 5) is 0. The van der Waals surface area contributed by atoms with E-state index in [1.807, 2.05) is 12.2 Å². The highest BCUT2D eigenvalue weighted by Gasteiger charge is 2.20. The van der Waals surface area contributed by atoms with E-state index < -0.39 is 0 Å². The van der Waals surface area contributed by atoms with Crippen molar-refractivity contribution >= 4 is 18.2 Å². The average molecular weight is 307 g/mol. The first-order valence-corrected chi connectivity index (χ1v) is 8.11. The van der Waals surface area contributed by atoms with Crippen molar-refractivity contribution in [2.75, 3.05) is 0 Å². The second-order valence-corrected chi connectivity index (χ2v) is 6.52. The van der Waals surface area contributed by atoms with Gasteiger partial charge in [-0.15, -0.1) is 0 Å². The molecule has 0 atom stereocenters. The number of benzene rings is 1. The lowest BCUT2D eigenvalue weighted by Crippen LogP contribution is -2.37. The Hall–Kier alpha value is -2.35. The van der Waals surface area contributed by atoms with Crippen LogP contribution in [-0.4, -0.2) is 4.57 Å². The van der Waals surface area contributed by atoms with Gasteiger partial charge in [0.15, 0.2) is 11.4 Å². The van der Waals surface area contributed by atoms with Crippen LogP contribution in [-0.2, 0) is 6.54 Å². The van der Waals surface area contributed by atoms with Gasteiger partial charge in [0, 0.05) is 0 Å². The summed E-state index contributed by atoms with van der Waals surface area (Å²) in [6, 6.07) is 8.59. The second kappa shape index (κ2) is 7.28. The largest absolute Gasteiger partial charge is 0.249 e. The molecule has 1 heterocycles. The minimum atomic E-state index is 0.576. The molecule has 2 nitrogen and oxygen atoms in total. The summed E-state index contributed by atoms with van der Waals surface area (Å²) >= 11 is 0. The molecule has 0 saturated carbocycles. The number of rotatable bonds is 6. The predicted octanol–water partition coefficient (Wildman–Crippen LogP) is 5.13. The maximum atomic E-state index is 3.98. The molecular weight excluding hydrogens is 280 g/mol. The number of hydrogen-bond donors (Lipinski definition) is 0. The van der Waals surface area contributed by atoms with E-state index in [9.17, 15) is 0 Å². The molecular formula is C21H27N2+. The highest BCUT2D eigenvalue weighted by Crippen LogP contribution is 2.18. The van der Waals surface area contributed by atoms with Gasteiger partial charge in [0.2, 0.25) is 6.33 Å². The highest BCUT2D eigenvalue weighted by molar-refractivity contribution is 5.59. The minimum Gasteiger partial charge on any atom is -0.229 e. The number of hydrogen-bond acceptors (Lipinski definition) is 0. The van der Waals surface area contributed by atoms with Crippen LogP contribution in [0, 0.1) is 5.92 Å². The zero-order valence-electron chi connectivity index (χ0n) is 14.7. The standard InChI is InChI=1S/C21H27N2/c1-7-20-21(8-2)23(15-22(20)14-17(5)6)19-11-9-18(10-12-19)13-16(3)4/h7-13,15,17H,1-2,14H2,3-6H3/q+1. The van der Waals surface area contributed by atoms with Crippen molar-refractivity contribution in [1.29, 1.82) is 0 Å². The Kier molecular flexibility index (Phi) is 5.38. The Balaban J connectivity index is 2.50. The zero-order chi connectivity index (χ0) is 17.0. The fourth-order valence-electron chi connectivity index (χ4n) is 2.77.